The number of nitrogens with zero attached hydrogens (tertiary/aromatic N) is 2. The largest absolute Gasteiger partial charge is 0.491 e. The molecule has 0 aliphatic heterocycles. The minimum atomic E-state index is -2.78. The Hall–Kier alpha value is -3.98. The Morgan fingerprint density at radius 2 is 2.00 bits per heavy atom. The Balaban J connectivity index is 1.82. The Kier molecular flexibility index (Phi) is 4.87. The normalized spacial score (nSPS) is 14.5. The van der Waals surface area contributed by atoms with Gasteiger partial charge in [-0.2, -0.15) is 4.98 Å². The lowest BCUT2D eigenvalue weighted by molar-refractivity contribution is -0.111. The third kappa shape index (κ3) is 6.51. The molecule has 0 spiro atoms. The summed E-state index contributed by atoms with van der Waals surface area (Å²) in [6, 6.07) is 5.67. The zero-order chi connectivity index (χ0) is 28.3. The second-order valence-corrected chi connectivity index (χ2v) is 5.68. The lowest BCUT2D eigenvalue weighted by Crippen LogP contribution is -2.07. The molecule has 0 saturated heterocycles. The highest BCUT2D eigenvalue weighted by atomic mass is 19.1. The van der Waals surface area contributed by atoms with E-state index in [1.165, 1.54) is 24.3 Å². The highest BCUT2D eigenvalue weighted by Gasteiger charge is 2.09. The molecule has 31 heavy (non-hydrogen) atoms. The van der Waals surface area contributed by atoms with Gasteiger partial charge in [0.1, 0.15) is 12.3 Å². The molecule has 0 aliphatic carbocycles. The van der Waals surface area contributed by atoms with Gasteiger partial charge in [-0.15, -0.1) is 0 Å². The van der Waals surface area contributed by atoms with Crippen molar-refractivity contribution in [2.75, 3.05) is 36.2 Å². The number of carbonyl (C=O) groups is 1. The number of hydrogen-bond donors (Lipinski definition) is 3. The quantitative estimate of drug-likeness (QED) is 0.414. The number of methoxy groups -OCH3 is 1. The summed E-state index contributed by atoms with van der Waals surface area (Å²) >= 11 is 0. The second-order valence-electron chi connectivity index (χ2n) is 5.68. The van der Waals surface area contributed by atoms with Gasteiger partial charge >= 0.3 is 0 Å². The summed E-state index contributed by atoms with van der Waals surface area (Å²) in [6.07, 6.45) is 1.80. The van der Waals surface area contributed by atoms with Crippen molar-refractivity contribution < 1.29 is 28.3 Å². The number of ether oxygens (including phenoxy) is 2. The second kappa shape index (κ2) is 10.7. The number of aromatic nitrogens is 2. The fourth-order valence-electron chi connectivity index (χ4n) is 2.18. The van der Waals surface area contributed by atoms with E-state index in [0.717, 1.165) is 25.4 Å². The summed E-state index contributed by atoms with van der Waals surface area (Å²) in [6.45, 7) is -2.17. The van der Waals surface area contributed by atoms with Crippen LogP contribution in [0.4, 0.5) is 33.2 Å². The van der Waals surface area contributed by atoms with Crippen LogP contribution < -0.4 is 20.7 Å². The molecule has 0 bridgehead atoms. The number of amides is 1. The molecule has 160 valence electrons. The molecular weight excluding hydrogens is 401 g/mol. The van der Waals surface area contributed by atoms with Gasteiger partial charge in [-0.3, -0.25) is 4.79 Å². The summed E-state index contributed by atoms with van der Waals surface area (Å²) in [7, 11) is 1.01. The number of anilines is 5. The van der Waals surface area contributed by atoms with Crippen LogP contribution in [0, 0.1) is 5.82 Å². The molecule has 1 amide bonds. The fourth-order valence-corrected chi connectivity index (χ4v) is 2.18. The number of carbonyl (C=O) groups excluding carboxylic acids is 1. The maximum Gasteiger partial charge on any atom is 0.247 e. The van der Waals surface area contributed by atoms with E-state index < -0.39 is 36.7 Å². The Bertz CT molecular complexity index is 1360. The summed E-state index contributed by atoms with van der Waals surface area (Å²) in [5, 5.41) is 7.66. The molecule has 0 aliphatic rings. The van der Waals surface area contributed by atoms with Gasteiger partial charge in [0.15, 0.2) is 11.6 Å². The van der Waals surface area contributed by atoms with Gasteiger partial charge in [-0.05, 0) is 48.5 Å². The van der Waals surface area contributed by atoms with Crippen LogP contribution in [0.25, 0.3) is 0 Å². The van der Waals surface area contributed by atoms with Crippen molar-refractivity contribution in [1.29, 1.82) is 0 Å². The van der Waals surface area contributed by atoms with Gasteiger partial charge < -0.3 is 25.4 Å². The molecule has 3 aromatic rings. The minimum absolute atomic E-state index is 0.00648. The van der Waals surface area contributed by atoms with Crippen LogP contribution in [-0.2, 0) is 9.53 Å². The van der Waals surface area contributed by atoms with Crippen molar-refractivity contribution in [2.24, 2.45) is 0 Å². The zero-order valence-electron chi connectivity index (χ0n) is 23.2. The van der Waals surface area contributed by atoms with Gasteiger partial charge in [0.2, 0.25) is 11.9 Å². The lowest BCUT2D eigenvalue weighted by atomic mass is 10.2. The predicted molar refractivity (Wildman–Crippen MR) is 118 cm³/mol. The SMILES string of the molecule is [2H]c1cc([2H])c(Nc2nc(Nc3ccc(OC([2H])([2H])C([2H])([2H])OC)cc3)ncc2F)c([2H])c1NC(=O)C=C. The third-order valence-electron chi connectivity index (χ3n) is 3.53. The number of halogens is 1. The molecule has 0 unspecified atom stereocenters. The van der Waals surface area contributed by atoms with Crippen LogP contribution in [0.1, 0.15) is 9.60 Å². The highest BCUT2D eigenvalue weighted by molar-refractivity contribution is 5.99. The van der Waals surface area contributed by atoms with Crippen molar-refractivity contribution in [2.45, 2.75) is 0 Å². The van der Waals surface area contributed by atoms with Gasteiger partial charge in [0, 0.05) is 24.2 Å². The van der Waals surface area contributed by atoms with Crippen LogP contribution in [-0.4, -0.2) is 36.1 Å². The minimum Gasteiger partial charge on any atom is -0.491 e. The molecule has 1 heterocycles. The van der Waals surface area contributed by atoms with E-state index in [2.05, 4.69) is 37.2 Å². The predicted octanol–water partition coefficient (Wildman–Crippen LogP) is 4.25. The maximum absolute atomic E-state index is 14.5. The molecule has 3 rings (SSSR count). The van der Waals surface area contributed by atoms with E-state index >= 15 is 0 Å². The Morgan fingerprint density at radius 1 is 1.23 bits per heavy atom. The molecule has 0 radical (unpaired) electrons. The lowest BCUT2D eigenvalue weighted by Gasteiger charge is -2.11. The Labute approximate surface area is 189 Å². The van der Waals surface area contributed by atoms with Gasteiger partial charge in [-0.25, -0.2) is 9.37 Å². The van der Waals surface area contributed by atoms with Crippen LogP contribution in [0.2, 0.25) is 0 Å². The third-order valence-corrected chi connectivity index (χ3v) is 3.53. The first kappa shape index (κ1) is 14.1. The number of hydrogen-bond acceptors (Lipinski definition) is 7. The van der Waals surface area contributed by atoms with E-state index in [1.807, 2.05) is 0 Å². The van der Waals surface area contributed by atoms with Gasteiger partial charge in [0.05, 0.1) is 22.4 Å². The topological polar surface area (TPSA) is 97.4 Å². The molecule has 8 nitrogen and oxygen atoms in total. The van der Waals surface area contributed by atoms with E-state index in [1.54, 1.807) is 0 Å². The standard InChI is InChI=1S/C22H22FN5O3/c1-3-20(29)25-16-5-4-6-17(13-16)26-21-19(23)14-24-22(28-21)27-15-7-9-18(10-8-15)31-12-11-30-2/h3-10,13-14H,1,11-12H2,2H3,(H,25,29)(H2,24,26,27,28)/i5D,6D,11D2,12D2,13D. The first-order valence-electron chi connectivity index (χ1n) is 12.2. The van der Waals surface area contributed by atoms with Crippen LogP contribution in [0.5, 0.6) is 5.75 Å². The average Bonchev–Trinajstić information content (AvgIpc) is 2.86. The molecule has 0 atom stereocenters. The fraction of sp³-hybridized carbons (Fsp3) is 0.136. The van der Waals surface area contributed by atoms with Gasteiger partial charge in [0.25, 0.3) is 0 Å². The smallest absolute Gasteiger partial charge is 0.247 e. The number of rotatable bonds is 10. The van der Waals surface area contributed by atoms with E-state index in [4.69, 9.17) is 14.3 Å². The molecular formula is C22H22FN5O3. The summed E-state index contributed by atoms with van der Waals surface area (Å²) in [5.74, 6) is -2.03. The molecule has 3 N–H and O–H groups in total. The summed E-state index contributed by atoms with van der Waals surface area (Å²) < 4.78 is 78.9. The highest BCUT2D eigenvalue weighted by Crippen LogP contribution is 2.23. The van der Waals surface area contributed by atoms with Crippen molar-refractivity contribution in [1.82, 2.24) is 9.97 Å². The van der Waals surface area contributed by atoms with Crippen molar-refractivity contribution >= 4 is 34.7 Å². The maximum atomic E-state index is 14.5. The zero-order valence-corrected chi connectivity index (χ0v) is 16.2. The van der Waals surface area contributed by atoms with E-state index in [9.17, 15) is 9.18 Å². The molecule has 9 heteroatoms. The molecule has 2 aromatic carbocycles. The van der Waals surface area contributed by atoms with E-state index in [0.29, 0.717) is 5.69 Å². The van der Waals surface area contributed by atoms with Crippen LogP contribution in [0.15, 0.2) is 67.3 Å². The van der Waals surface area contributed by atoms with Gasteiger partial charge in [-0.1, -0.05) is 12.6 Å². The number of nitrogens with one attached hydrogen (secondary N) is 3. The summed E-state index contributed by atoms with van der Waals surface area (Å²) in [4.78, 5) is 19.5. The monoisotopic (exact) mass is 430 g/mol. The van der Waals surface area contributed by atoms with Crippen molar-refractivity contribution in [3.05, 3.63) is 73.1 Å². The van der Waals surface area contributed by atoms with E-state index in [-0.39, 0.29) is 35.2 Å². The first-order chi connectivity index (χ1) is 17.8. The van der Waals surface area contributed by atoms with Crippen LogP contribution >= 0.6 is 0 Å². The molecule has 0 saturated carbocycles. The molecule has 0 fully saturated rings. The van der Waals surface area contributed by atoms with Crippen LogP contribution in [0.3, 0.4) is 0 Å². The first-order valence-corrected chi connectivity index (χ1v) is 8.73. The average molecular weight is 430 g/mol. The summed E-state index contributed by atoms with van der Waals surface area (Å²) in [5.41, 5.74) is -0.0253. The Morgan fingerprint density at radius 3 is 2.74 bits per heavy atom. The van der Waals surface area contributed by atoms with Crippen molar-refractivity contribution in [3.8, 4) is 5.75 Å². The number of benzene rings is 2. The molecule has 1 aromatic heterocycles. The van der Waals surface area contributed by atoms with Crippen molar-refractivity contribution in [3.63, 3.8) is 0 Å².